The number of hydrogen-bond acceptors (Lipinski definition) is 2. The first-order valence-electron chi connectivity index (χ1n) is 4.07. The molecule has 1 aliphatic rings. The summed E-state index contributed by atoms with van der Waals surface area (Å²) in [6, 6.07) is 2.07. The highest BCUT2D eigenvalue weighted by atomic mass is 32.1. The molecule has 0 fully saturated rings. The van der Waals surface area contributed by atoms with Gasteiger partial charge in [0.05, 0.1) is 5.36 Å². The molecule has 1 unspecified atom stereocenters. The maximum atomic E-state index is 4.40. The summed E-state index contributed by atoms with van der Waals surface area (Å²) in [4.78, 5) is 4.40. The molecule has 0 spiro atoms. The van der Waals surface area contributed by atoms with Crippen LogP contribution in [0.4, 0.5) is 0 Å². The molecule has 1 aromatic rings. The van der Waals surface area contributed by atoms with E-state index in [1.807, 2.05) is 6.20 Å². The molecular formula is C10H11NS. The molecule has 0 amide bonds. The predicted octanol–water partition coefficient (Wildman–Crippen LogP) is 1.70. The highest BCUT2D eigenvalue weighted by Gasteiger charge is 2.02. The molecule has 0 saturated heterocycles. The largest absolute Gasteiger partial charge is 0.255 e. The van der Waals surface area contributed by atoms with Crippen LogP contribution < -0.4 is 9.89 Å². The van der Waals surface area contributed by atoms with E-state index in [2.05, 4.69) is 36.4 Å². The number of rotatable bonds is 0. The zero-order valence-corrected chi connectivity index (χ0v) is 8.06. The molecule has 0 N–H and O–H groups in total. The zero-order valence-electron chi connectivity index (χ0n) is 7.24. The second-order valence-electron chi connectivity index (χ2n) is 3.13. The number of thiophene rings is 1. The van der Waals surface area contributed by atoms with Gasteiger partial charge in [-0.1, -0.05) is 13.0 Å². The second kappa shape index (κ2) is 2.87. The lowest BCUT2D eigenvalue weighted by atomic mass is 10.0. The van der Waals surface area contributed by atoms with Crippen molar-refractivity contribution in [3.05, 3.63) is 33.1 Å². The van der Waals surface area contributed by atoms with Crippen LogP contribution in [-0.4, -0.2) is 0 Å². The summed E-state index contributed by atoms with van der Waals surface area (Å²) in [5.74, 6) is 0.522. The normalized spacial score (nSPS) is 21.5. The molecule has 0 aliphatic carbocycles. The van der Waals surface area contributed by atoms with Crippen LogP contribution in [0.2, 0.25) is 0 Å². The maximum Gasteiger partial charge on any atom is 0.0806 e. The van der Waals surface area contributed by atoms with E-state index in [0.29, 0.717) is 5.92 Å². The van der Waals surface area contributed by atoms with Gasteiger partial charge in [0.1, 0.15) is 0 Å². The van der Waals surface area contributed by atoms with Gasteiger partial charge in [0, 0.05) is 10.7 Å². The second-order valence-corrected chi connectivity index (χ2v) is 4.08. The fraction of sp³-hybridized carbons (Fsp3) is 0.300. The van der Waals surface area contributed by atoms with Crippen LogP contribution in [0.15, 0.2) is 28.2 Å². The van der Waals surface area contributed by atoms with E-state index in [4.69, 9.17) is 0 Å². The summed E-state index contributed by atoms with van der Waals surface area (Å²) < 4.78 is 1.30. The molecule has 62 valence electrons. The minimum absolute atomic E-state index is 0.522. The Morgan fingerprint density at radius 3 is 3.17 bits per heavy atom. The molecule has 1 aromatic heterocycles. The fourth-order valence-corrected chi connectivity index (χ4v) is 2.06. The van der Waals surface area contributed by atoms with Gasteiger partial charge in [-0.15, -0.1) is 11.3 Å². The third-order valence-corrected chi connectivity index (χ3v) is 3.07. The predicted molar refractivity (Wildman–Crippen MR) is 52.5 cm³/mol. The topological polar surface area (TPSA) is 12.4 Å². The summed E-state index contributed by atoms with van der Waals surface area (Å²) in [6.07, 6.45) is 4.25. The average Bonchev–Trinajstić information content (AvgIpc) is 2.43. The van der Waals surface area contributed by atoms with E-state index >= 15 is 0 Å². The molecule has 2 rings (SSSR count). The number of hydrogen-bond donors (Lipinski definition) is 0. The molecule has 0 bridgehead atoms. The Morgan fingerprint density at radius 1 is 1.50 bits per heavy atom. The SMILES string of the molecule is CC1=CN=c2ccsc2=CC1C. The van der Waals surface area contributed by atoms with Gasteiger partial charge in [0.15, 0.2) is 0 Å². The molecule has 1 atom stereocenters. The van der Waals surface area contributed by atoms with Crippen molar-refractivity contribution in [1.82, 2.24) is 0 Å². The van der Waals surface area contributed by atoms with E-state index in [9.17, 15) is 0 Å². The Bertz CT molecular complexity index is 425. The van der Waals surface area contributed by atoms with Crippen LogP contribution in [0, 0.1) is 5.92 Å². The van der Waals surface area contributed by atoms with E-state index < -0.39 is 0 Å². The third kappa shape index (κ3) is 1.23. The maximum absolute atomic E-state index is 4.40. The van der Waals surface area contributed by atoms with E-state index in [0.717, 1.165) is 5.36 Å². The van der Waals surface area contributed by atoms with Crippen molar-refractivity contribution in [2.45, 2.75) is 13.8 Å². The number of allylic oxidation sites excluding steroid dienone is 1. The highest BCUT2D eigenvalue weighted by molar-refractivity contribution is 7.07. The minimum Gasteiger partial charge on any atom is -0.255 e. The summed E-state index contributed by atoms with van der Waals surface area (Å²) >= 11 is 1.76. The van der Waals surface area contributed by atoms with Crippen molar-refractivity contribution in [3.8, 4) is 0 Å². The van der Waals surface area contributed by atoms with Crippen LogP contribution in [0.25, 0.3) is 6.08 Å². The highest BCUT2D eigenvalue weighted by Crippen LogP contribution is 2.11. The van der Waals surface area contributed by atoms with E-state index in [-0.39, 0.29) is 0 Å². The first kappa shape index (κ1) is 7.74. The third-order valence-electron chi connectivity index (χ3n) is 2.20. The van der Waals surface area contributed by atoms with Gasteiger partial charge in [-0.3, -0.25) is 4.99 Å². The zero-order chi connectivity index (χ0) is 8.55. The molecule has 2 heteroatoms. The standard InChI is InChI=1S/C10H11NS/c1-7-5-10-9(3-4-12-10)11-6-8(7)2/h3-7H,1-2H3. The van der Waals surface area contributed by atoms with Gasteiger partial charge in [-0.05, 0) is 29.9 Å². The van der Waals surface area contributed by atoms with Crippen molar-refractivity contribution in [3.63, 3.8) is 0 Å². The fourth-order valence-electron chi connectivity index (χ4n) is 1.19. The molecule has 2 heterocycles. The molecule has 0 aromatic carbocycles. The summed E-state index contributed by atoms with van der Waals surface area (Å²) in [5, 5.41) is 3.20. The molecular weight excluding hydrogens is 166 g/mol. The molecule has 0 saturated carbocycles. The molecule has 0 radical (unpaired) electrons. The van der Waals surface area contributed by atoms with Gasteiger partial charge in [-0.25, -0.2) is 0 Å². The molecule has 1 aliphatic heterocycles. The quantitative estimate of drug-likeness (QED) is 0.572. The van der Waals surface area contributed by atoms with Crippen molar-refractivity contribution in [2.75, 3.05) is 0 Å². The number of nitrogens with zero attached hydrogens (tertiary/aromatic N) is 1. The van der Waals surface area contributed by atoms with Crippen LogP contribution in [0.3, 0.4) is 0 Å². The average molecular weight is 177 g/mol. The molecule has 1 nitrogen and oxygen atoms in total. The van der Waals surface area contributed by atoms with Crippen LogP contribution in [-0.2, 0) is 0 Å². The Balaban J connectivity index is 2.71. The first-order chi connectivity index (χ1) is 5.77. The summed E-state index contributed by atoms with van der Waals surface area (Å²) in [5.41, 5.74) is 1.33. The van der Waals surface area contributed by atoms with Crippen LogP contribution >= 0.6 is 11.3 Å². The summed E-state index contributed by atoms with van der Waals surface area (Å²) in [7, 11) is 0. The summed E-state index contributed by atoms with van der Waals surface area (Å²) in [6.45, 7) is 4.33. The van der Waals surface area contributed by atoms with Gasteiger partial charge < -0.3 is 0 Å². The Morgan fingerprint density at radius 2 is 2.33 bits per heavy atom. The van der Waals surface area contributed by atoms with Crippen LogP contribution in [0.1, 0.15) is 13.8 Å². The Kier molecular flexibility index (Phi) is 1.85. The van der Waals surface area contributed by atoms with Crippen molar-refractivity contribution >= 4 is 17.4 Å². The first-order valence-corrected chi connectivity index (χ1v) is 4.95. The lowest BCUT2D eigenvalue weighted by molar-refractivity contribution is 0.909. The lowest BCUT2D eigenvalue weighted by Crippen LogP contribution is -2.17. The smallest absolute Gasteiger partial charge is 0.0806 e. The van der Waals surface area contributed by atoms with Gasteiger partial charge in [-0.2, -0.15) is 0 Å². The van der Waals surface area contributed by atoms with Crippen molar-refractivity contribution in [1.29, 1.82) is 0 Å². The Labute approximate surface area is 75.8 Å². The van der Waals surface area contributed by atoms with E-state index in [1.165, 1.54) is 10.1 Å². The number of fused-ring (bicyclic) bond motifs is 1. The minimum atomic E-state index is 0.522. The van der Waals surface area contributed by atoms with Gasteiger partial charge in [0.25, 0.3) is 0 Å². The van der Waals surface area contributed by atoms with E-state index in [1.54, 1.807) is 11.3 Å². The van der Waals surface area contributed by atoms with Crippen LogP contribution in [0.5, 0.6) is 0 Å². The monoisotopic (exact) mass is 177 g/mol. The van der Waals surface area contributed by atoms with Crippen molar-refractivity contribution in [2.24, 2.45) is 10.9 Å². The van der Waals surface area contributed by atoms with Gasteiger partial charge >= 0.3 is 0 Å². The molecule has 12 heavy (non-hydrogen) atoms. The Hall–Kier alpha value is -0.890. The van der Waals surface area contributed by atoms with Gasteiger partial charge in [0.2, 0.25) is 0 Å². The van der Waals surface area contributed by atoms with Crippen molar-refractivity contribution < 1.29 is 0 Å². The lowest BCUT2D eigenvalue weighted by Gasteiger charge is -2.01.